The second kappa shape index (κ2) is 6.68. The summed E-state index contributed by atoms with van der Waals surface area (Å²) in [5.41, 5.74) is 2.29. The summed E-state index contributed by atoms with van der Waals surface area (Å²) >= 11 is 0. The first-order valence-corrected chi connectivity index (χ1v) is 7.68. The number of para-hydroxylation sites is 1. The molecule has 1 saturated heterocycles. The summed E-state index contributed by atoms with van der Waals surface area (Å²) in [6, 6.07) is 10.3. The largest absolute Gasteiger partial charge is 0.355 e. The average Bonchev–Trinajstić information content (AvgIpc) is 2.72. The van der Waals surface area contributed by atoms with E-state index in [1.165, 1.54) is 10.9 Å². The fourth-order valence-electron chi connectivity index (χ4n) is 2.88. The lowest BCUT2D eigenvalue weighted by atomic mass is 10.1. The molecule has 21 heavy (non-hydrogen) atoms. The lowest BCUT2D eigenvalue weighted by Crippen LogP contribution is -2.43. The van der Waals surface area contributed by atoms with Crippen molar-refractivity contribution in [2.45, 2.75) is 31.7 Å². The molecular formula is C17H21N3O. The fraction of sp³-hybridized carbons (Fsp3) is 0.412. The minimum atomic E-state index is -0.0459. The molecule has 1 aromatic heterocycles. The Balaban J connectivity index is 1.63. The van der Waals surface area contributed by atoms with Gasteiger partial charge in [0.15, 0.2) is 0 Å². The molecule has 1 aromatic carbocycles. The number of hydrogen-bond donors (Lipinski definition) is 2. The Bertz CT molecular complexity index is 621. The SMILES string of the molecule is O=C1NCCCCC1NCCc1cccc2cccnc12. The molecule has 0 bridgehead atoms. The van der Waals surface area contributed by atoms with E-state index in [1.807, 2.05) is 12.3 Å². The molecule has 4 heteroatoms. The fourth-order valence-corrected chi connectivity index (χ4v) is 2.88. The summed E-state index contributed by atoms with van der Waals surface area (Å²) < 4.78 is 0. The molecular weight excluding hydrogens is 262 g/mol. The average molecular weight is 283 g/mol. The molecule has 1 aliphatic heterocycles. The Morgan fingerprint density at radius 3 is 3.10 bits per heavy atom. The van der Waals surface area contributed by atoms with E-state index in [9.17, 15) is 4.79 Å². The van der Waals surface area contributed by atoms with Crippen LogP contribution in [0.4, 0.5) is 0 Å². The molecule has 2 N–H and O–H groups in total. The lowest BCUT2D eigenvalue weighted by Gasteiger charge is -2.15. The highest BCUT2D eigenvalue weighted by atomic mass is 16.2. The van der Waals surface area contributed by atoms with Crippen LogP contribution in [0.15, 0.2) is 36.5 Å². The van der Waals surface area contributed by atoms with E-state index in [0.717, 1.165) is 44.3 Å². The molecule has 0 radical (unpaired) electrons. The van der Waals surface area contributed by atoms with Gasteiger partial charge in [0.05, 0.1) is 11.6 Å². The van der Waals surface area contributed by atoms with Gasteiger partial charge < -0.3 is 10.6 Å². The predicted molar refractivity (Wildman–Crippen MR) is 84.1 cm³/mol. The molecule has 2 aromatic rings. The Morgan fingerprint density at radius 1 is 1.24 bits per heavy atom. The maximum atomic E-state index is 11.9. The van der Waals surface area contributed by atoms with Crippen molar-refractivity contribution in [3.05, 3.63) is 42.1 Å². The van der Waals surface area contributed by atoms with Gasteiger partial charge in [0.25, 0.3) is 0 Å². The Kier molecular flexibility index (Phi) is 4.46. The number of nitrogens with zero attached hydrogens (tertiary/aromatic N) is 1. The van der Waals surface area contributed by atoms with Gasteiger partial charge in [0.2, 0.25) is 5.91 Å². The molecule has 1 amide bonds. The van der Waals surface area contributed by atoms with Crippen LogP contribution in [0.2, 0.25) is 0 Å². The van der Waals surface area contributed by atoms with Gasteiger partial charge in [-0.15, -0.1) is 0 Å². The topological polar surface area (TPSA) is 54.0 Å². The smallest absolute Gasteiger partial charge is 0.237 e. The summed E-state index contributed by atoms with van der Waals surface area (Å²) in [6.45, 7) is 1.61. The minimum Gasteiger partial charge on any atom is -0.355 e. The van der Waals surface area contributed by atoms with Crippen molar-refractivity contribution < 1.29 is 4.79 Å². The van der Waals surface area contributed by atoms with Crippen molar-refractivity contribution in [3.63, 3.8) is 0 Å². The number of amides is 1. The van der Waals surface area contributed by atoms with E-state index >= 15 is 0 Å². The number of carbonyl (C=O) groups excluding carboxylic acids is 1. The Morgan fingerprint density at radius 2 is 2.14 bits per heavy atom. The summed E-state index contributed by atoms with van der Waals surface area (Å²) in [5, 5.41) is 7.51. The molecule has 2 heterocycles. The molecule has 4 nitrogen and oxygen atoms in total. The van der Waals surface area contributed by atoms with Crippen LogP contribution in [0.25, 0.3) is 10.9 Å². The van der Waals surface area contributed by atoms with Gasteiger partial charge in [-0.3, -0.25) is 9.78 Å². The number of carbonyl (C=O) groups is 1. The maximum absolute atomic E-state index is 11.9. The monoisotopic (exact) mass is 283 g/mol. The number of nitrogens with one attached hydrogen (secondary N) is 2. The van der Waals surface area contributed by atoms with Crippen LogP contribution >= 0.6 is 0 Å². The van der Waals surface area contributed by atoms with E-state index in [-0.39, 0.29) is 11.9 Å². The van der Waals surface area contributed by atoms with Crippen LogP contribution in [0, 0.1) is 0 Å². The van der Waals surface area contributed by atoms with E-state index in [0.29, 0.717) is 0 Å². The number of hydrogen-bond acceptors (Lipinski definition) is 3. The molecule has 110 valence electrons. The standard InChI is InChI=1S/C17H21N3O/c21-17-15(8-1-2-10-20-17)18-12-9-14-6-3-5-13-7-4-11-19-16(13)14/h3-7,11,15,18H,1-2,8-10,12H2,(H,20,21). The van der Waals surface area contributed by atoms with Crippen LogP contribution < -0.4 is 10.6 Å². The van der Waals surface area contributed by atoms with Gasteiger partial charge in [0, 0.05) is 18.1 Å². The summed E-state index contributed by atoms with van der Waals surface area (Å²) in [5.74, 6) is 0.142. The Labute approximate surface area is 125 Å². The van der Waals surface area contributed by atoms with E-state index < -0.39 is 0 Å². The van der Waals surface area contributed by atoms with Gasteiger partial charge in [-0.1, -0.05) is 24.3 Å². The van der Waals surface area contributed by atoms with Gasteiger partial charge >= 0.3 is 0 Å². The second-order valence-corrected chi connectivity index (χ2v) is 5.54. The maximum Gasteiger partial charge on any atom is 0.237 e. The van der Waals surface area contributed by atoms with Gasteiger partial charge in [-0.2, -0.15) is 0 Å². The van der Waals surface area contributed by atoms with Crippen molar-refractivity contribution in [1.82, 2.24) is 15.6 Å². The first-order valence-electron chi connectivity index (χ1n) is 7.68. The first-order chi connectivity index (χ1) is 10.3. The molecule has 0 spiro atoms. The number of benzene rings is 1. The van der Waals surface area contributed by atoms with Gasteiger partial charge in [-0.25, -0.2) is 0 Å². The lowest BCUT2D eigenvalue weighted by molar-refractivity contribution is -0.122. The van der Waals surface area contributed by atoms with Crippen molar-refractivity contribution in [3.8, 4) is 0 Å². The van der Waals surface area contributed by atoms with E-state index in [1.54, 1.807) is 0 Å². The zero-order valence-corrected chi connectivity index (χ0v) is 12.1. The third kappa shape index (κ3) is 3.39. The Hall–Kier alpha value is -1.94. The molecule has 1 atom stereocenters. The highest BCUT2D eigenvalue weighted by Crippen LogP contribution is 2.16. The van der Waals surface area contributed by atoms with Crippen molar-refractivity contribution >= 4 is 16.8 Å². The summed E-state index contributed by atoms with van der Waals surface area (Å²) in [6.07, 6.45) is 5.83. The zero-order valence-electron chi connectivity index (χ0n) is 12.1. The van der Waals surface area contributed by atoms with Crippen LogP contribution in [0.5, 0.6) is 0 Å². The quantitative estimate of drug-likeness (QED) is 0.903. The molecule has 0 saturated carbocycles. The normalized spacial score (nSPS) is 19.2. The highest BCUT2D eigenvalue weighted by Gasteiger charge is 2.19. The van der Waals surface area contributed by atoms with Crippen LogP contribution in [-0.4, -0.2) is 30.0 Å². The molecule has 1 fully saturated rings. The number of fused-ring (bicyclic) bond motifs is 1. The molecule has 1 aliphatic rings. The first kappa shape index (κ1) is 14.0. The molecule has 1 unspecified atom stereocenters. The van der Waals surface area contributed by atoms with Crippen LogP contribution in [0.3, 0.4) is 0 Å². The third-order valence-electron chi connectivity index (χ3n) is 4.04. The van der Waals surface area contributed by atoms with Crippen molar-refractivity contribution in [1.29, 1.82) is 0 Å². The van der Waals surface area contributed by atoms with Crippen molar-refractivity contribution in [2.24, 2.45) is 0 Å². The summed E-state index contributed by atoms with van der Waals surface area (Å²) in [7, 11) is 0. The van der Waals surface area contributed by atoms with Gasteiger partial charge in [0.1, 0.15) is 0 Å². The third-order valence-corrected chi connectivity index (χ3v) is 4.04. The zero-order chi connectivity index (χ0) is 14.5. The van der Waals surface area contributed by atoms with Crippen molar-refractivity contribution in [2.75, 3.05) is 13.1 Å². The number of pyridine rings is 1. The van der Waals surface area contributed by atoms with E-state index in [2.05, 4.69) is 39.9 Å². The predicted octanol–water partition coefficient (Wildman–Crippen LogP) is 2.04. The number of rotatable bonds is 4. The van der Waals surface area contributed by atoms with Crippen LogP contribution in [0.1, 0.15) is 24.8 Å². The van der Waals surface area contributed by atoms with Gasteiger partial charge in [-0.05, 0) is 43.9 Å². The summed E-state index contributed by atoms with van der Waals surface area (Å²) in [4.78, 5) is 16.4. The highest BCUT2D eigenvalue weighted by molar-refractivity contribution is 5.82. The van der Waals surface area contributed by atoms with Crippen LogP contribution in [-0.2, 0) is 11.2 Å². The molecule has 3 rings (SSSR count). The molecule has 0 aliphatic carbocycles. The second-order valence-electron chi connectivity index (χ2n) is 5.54. The number of aromatic nitrogens is 1. The minimum absolute atomic E-state index is 0.0459. The van der Waals surface area contributed by atoms with E-state index in [4.69, 9.17) is 0 Å².